The third-order valence-electron chi connectivity index (χ3n) is 4.93. The Bertz CT molecular complexity index is 620. The summed E-state index contributed by atoms with van der Waals surface area (Å²) in [5.74, 6) is 0.698. The Morgan fingerprint density at radius 2 is 1.38 bits per heavy atom. The minimum Gasteiger partial charge on any atom is -0.396 e. The Kier molecular flexibility index (Phi) is 5.66. The van der Waals surface area contributed by atoms with Gasteiger partial charge in [-0.1, -0.05) is 91.4 Å². The molecule has 2 aromatic rings. The van der Waals surface area contributed by atoms with Crippen molar-refractivity contribution in [2.24, 2.45) is 11.3 Å². The highest BCUT2D eigenvalue weighted by Crippen LogP contribution is 2.58. The van der Waals surface area contributed by atoms with Crippen LogP contribution in [0.25, 0.3) is 12.2 Å². The van der Waals surface area contributed by atoms with Crippen LogP contribution in [0.4, 0.5) is 0 Å². The molecule has 0 aliphatic heterocycles. The van der Waals surface area contributed by atoms with E-state index in [1.165, 1.54) is 24.0 Å². The van der Waals surface area contributed by atoms with Gasteiger partial charge in [-0.25, -0.2) is 0 Å². The molecular weight excluding hydrogens is 292 g/mol. The summed E-state index contributed by atoms with van der Waals surface area (Å²) in [6, 6.07) is 21.0. The molecule has 0 bridgehead atoms. The fraction of sp³-hybridized carbons (Fsp3) is 0.304. The van der Waals surface area contributed by atoms with Crippen LogP contribution in [0, 0.1) is 11.3 Å². The van der Waals surface area contributed by atoms with Crippen molar-refractivity contribution < 1.29 is 5.11 Å². The van der Waals surface area contributed by atoms with E-state index in [9.17, 15) is 0 Å². The number of rotatable bonds is 8. The molecule has 3 rings (SSSR count). The van der Waals surface area contributed by atoms with Crippen molar-refractivity contribution in [3.8, 4) is 0 Å². The fourth-order valence-corrected chi connectivity index (χ4v) is 3.34. The number of aliphatic hydroxyl groups excluding tert-OH is 1. The summed E-state index contributed by atoms with van der Waals surface area (Å²) < 4.78 is 0. The lowest BCUT2D eigenvalue weighted by atomic mass is 9.97. The Balaban J connectivity index is 1.73. The number of hydrogen-bond acceptors (Lipinski definition) is 1. The second kappa shape index (κ2) is 8.12. The van der Waals surface area contributed by atoms with Crippen LogP contribution < -0.4 is 0 Å². The second-order valence-electron chi connectivity index (χ2n) is 6.72. The summed E-state index contributed by atoms with van der Waals surface area (Å²) in [7, 11) is 0. The van der Waals surface area contributed by atoms with E-state index in [-0.39, 0.29) is 5.41 Å². The Morgan fingerprint density at radius 1 is 0.833 bits per heavy atom. The molecule has 24 heavy (non-hydrogen) atoms. The summed E-state index contributed by atoms with van der Waals surface area (Å²) in [4.78, 5) is 0. The van der Waals surface area contributed by atoms with Gasteiger partial charge < -0.3 is 5.11 Å². The van der Waals surface area contributed by atoms with E-state index in [0.717, 1.165) is 12.8 Å². The van der Waals surface area contributed by atoms with Crippen LogP contribution >= 0.6 is 0 Å². The maximum absolute atomic E-state index is 9.01. The first kappa shape index (κ1) is 16.7. The standard InChI is InChI=1S/C23H26O/c24-18-8-7-13-22-19-23(22,16-14-20-9-3-1-4-10-20)17-15-21-11-5-2-6-12-21/h1-6,9-12,14-17,22,24H,7-8,13,18-19H2/b16-14+,17-15+/t22-/m0/s1. The molecule has 0 spiro atoms. The Labute approximate surface area is 145 Å². The molecule has 1 aliphatic carbocycles. The molecule has 2 aromatic carbocycles. The zero-order chi connectivity index (χ0) is 16.7. The van der Waals surface area contributed by atoms with Crippen LogP contribution in [-0.2, 0) is 0 Å². The van der Waals surface area contributed by atoms with Gasteiger partial charge >= 0.3 is 0 Å². The lowest BCUT2D eigenvalue weighted by Gasteiger charge is -2.08. The molecule has 0 aromatic heterocycles. The van der Waals surface area contributed by atoms with Gasteiger partial charge in [-0.2, -0.15) is 0 Å². The summed E-state index contributed by atoms with van der Waals surface area (Å²) in [6.45, 7) is 0.305. The second-order valence-corrected chi connectivity index (χ2v) is 6.72. The summed E-state index contributed by atoms with van der Waals surface area (Å²) in [5.41, 5.74) is 2.69. The van der Waals surface area contributed by atoms with Crippen LogP contribution in [0.5, 0.6) is 0 Å². The van der Waals surface area contributed by atoms with E-state index < -0.39 is 0 Å². The summed E-state index contributed by atoms with van der Waals surface area (Å²) >= 11 is 0. The van der Waals surface area contributed by atoms with Gasteiger partial charge in [0.1, 0.15) is 0 Å². The molecule has 0 amide bonds. The summed E-state index contributed by atoms with van der Waals surface area (Å²) in [5, 5.41) is 9.01. The molecule has 1 aliphatic rings. The highest BCUT2D eigenvalue weighted by Gasteiger charge is 2.48. The van der Waals surface area contributed by atoms with Crippen molar-refractivity contribution in [3.63, 3.8) is 0 Å². The van der Waals surface area contributed by atoms with E-state index in [1.807, 2.05) is 0 Å². The van der Waals surface area contributed by atoms with Crippen LogP contribution in [0.3, 0.4) is 0 Å². The van der Waals surface area contributed by atoms with Crippen LogP contribution in [0.1, 0.15) is 36.8 Å². The number of benzene rings is 2. The maximum atomic E-state index is 9.01. The molecular formula is C23H26O. The Morgan fingerprint density at radius 3 is 1.88 bits per heavy atom. The van der Waals surface area contributed by atoms with Crippen molar-refractivity contribution in [3.05, 3.63) is 83.9 Å². The maximum Gasteiger partial charge on any atom is 0.0431 e. The largest absolute Gasteiger partial charge is 0.396 e. The van der Waals surface area contributed by atoms with Gasteiger partial charge in [0.05, 0.1) is 0 Å². The smallest absolute Gasteiger partial charge is 0.0431 e. The molecule has 1 atom stereocenters. The monoisotopic (exact) mass is 318 g/mol. The third-order valence-corrected chi connectivity index (χ3v) is 4.93. The van der Waals surface area contributed by atoms with E-state index in [2.05, 4.69) is 85.0 Å². The average Bonchev–Trinajstić information content (AvgIpc) is 3.34. The number of hydrogen-bond donors (Lipinski definition) is 1. The predicted octanol–water partition coefficient (Wildman–Crippen LogP) is 5.58. The molecule has 0 unspecified atom stereocenters. The van der Waals surface area contributed by atoms with Crippen molar-refractivity contribution in [1.29, 1.82) is 0 Å². The molecule has 0 radical (unpaired) electrons. The first-order chi connectivity index (χ1) is 11.8. The summed E-state index contributed by atoms with van der Waals surface area (Å²) in [6.07, 6.45) is 13.7. The van der Waals surface area contributed by atoms with E-state index in [1.54, 1.807) is 0 Å². The average molecular weight is 318 g/mol. The van der Waals surface area contributed by atoms with E-state index in [0.29, 0.717) is 12.5 Å². The predicted molar refractivity (Wildman–Crippen MR) is 102 cm³/mol. The van der Waals surface area contributed by atoms with Gasteiger partial charge in [0.25, 0.3) is 0 Å². The number of aliphatic hydroxyl groups is 1. The van der Waals surface area contributed by atoms with Crippen LogP contribution in [0.2, 0.25) is 0 Å². The van der Waals surface area contributed by atoms with Crippen molar-refractivity contribution in [2.75, 3.05) is 6.61 Å². The SMILES string of the molecule is OCCCC[C@H]1CC1(/C=C/c1ccccc1)/C=C/c1ccccc1. The molecule has 1 saturated carbocycles. The third kappa shape index (κ3) is 4.46. The lowest BCUT2D eigenvalue weighted by molar-refractivity contribution is 0.281. The molecule has 1 nitrogen and oxygen atoms in total. The normalized spacial score (nSPS) is 19.1. The minimum absolute atomic E-state index is 0.182. The Hall–Kier alpha value is -2.12. The molecule has 0 saturated heterocycles. The zero-order valence-corrected chi connectivity index (χ0v) is 14.1. The van der Waals surface area contributed by atoms with Crippen LogP contribution in [0.15, 0.2) is 72.8 Å². The van der Waals surface area contributed by atoms with Gasteiger partial charge in [0.2, 0.25) is 0 Å². The van der Waals surface area contributed by atoms with Crippen LogP contribution in [-0.4, -0.2) is 11.7 Å². The van der Waals surface area contributed by atoms with Crippen molar-refractivity contribution in [1.82, 2.24) is 0 Å². The highest BCUT2D eigenvalue weighted by atomic mass is 16.2. The van der Waals surface area contributed by atoms with Gasteiger partial charge in [0.15, 0.2) is 0 Å². The van der Waals surface area contributed by atoms with Crippen molar-refractivity contribution >= 4 is 12.2 Å². The van der Waals surface area contributed by atoms with E-state index >= 15 is 0 Å². The van der Waals surface area contributed by atoms with Gasteiger partial charge in [0, 0.05) is 12.0 Å². The highest BCUT2D eigenvalue weighted by molar-refractivity contribution is 5.56. The van der Waals surface area contributed by atoms with E-state index in [4.69, 9.17) is 5.11 Å². The minimum atomic E-state index is 0.182. The molecule has 1 heteroatoms. The quantitative estimate of drug-likeness (QED) is 0.630. The van der Waals surface area contributed by atoms with Crippen molar-refractivity contribution in [2.45, 2.75) is 25.7 Å². The molecule has 1 fully saturated rings. The molecule has 124 valence electrons. The fourth-order valence-electron chi connectivity index (χ4n) is 3.34. The van der Waals surface area contributed by atoms with Gasteiger partial charge in [-0.05, 0) is 36.3 Å². The van der Waals surface area contributed by atoms with Gasteiger partial charge in [-0.3, -0.25) is 0 Å². The number of unbranched alkanes of at least 4 members (excludes halogenated alkanes) is 1. The zero-order valence-electron chi connectivity index (χ0n) is 14.1. The van der Waals surface area contributed by atoms with Gasteiger partial charge in [-0.15, -0.1) is 0 Å². The number of allylic oxidation sites excluding steroid dienone is 2. The first-order valence-electron chi connectivity index (χ1n) is 8.92. The topological polar surface area (TPSA) is 20.2 Å². The first-order valence-corrected chi connectivity index (χ1v) is 8.92. The lowest BCUT2D eigenvalue weighted by Crippen LogP contribution is -1.97. The molecule has 1 N–H and O–H groups in total. The molecule has 0 heterocycles.